The molecule has 0 aliphatic carbocycles. The van der Waals surface area contributed by atoms with E-state index in [1.54, 1.807) is 18.2 Å². The van der Waals surface area contributed by atoms with Crippen molar-refractivity contribution in [2.75, 3.05) is 6.54 Å². The summed E-state index contributed by atoms with van der Waals surface area (Å²) >= 11 is 12.0. The maximum Gasteiger partial charge on any atom is 0.128 e. The topological polar surface area (TPSA) is 12.0 Å². The number of rotatable bonds is 5. The first-order valence-electron chi connectivity index (χ1n) is 6.64. The Kier molecular flexibility index (Phi) is 5.57. The Bertz CT molecular complexity index is 611. The van der Waals surface area contributed by atoms with Gasteiger partial charge in [-0.25, -0.2) is 8.78 Å². The summed E-state index contributed by atoms with van der Waals surface area (Å²) in [4.78, 5) is 0. The van der Waals surface area contributed by atoms with E-state index in [9.17, 15) is 8.78 Å². The quantitative estimate of drug-likeness (QED) is 0.798. The van der Waals surface area contributed by atoms with Crippen molar-refractivity contribution >= 4 is 23.2 Å². The van der Waals surface area contributed by atoms with Crippen molar-refractivity contribution in [1.29, 1.82) is 0 Å². The Morgan fingerprint density at radius 1 is 1.10 bits per heavy atom. The van der Waals surface area contributed by atoms with E-state index in [4.69, 9.17) is 23.2 Å². The van der Waals surface area contributed by atoms with E-state index in [0.717, 1.165) is 0 Å². The van der Waals surface area contributed by atoms with E-state index in [0.29, 0.717) is 27.7 Å². The van der Waals surface area contributed by atoms with Gasteiger partial charge in [-0.3, -0.25) is 0 Å². The van der Waals surface area contributed by atoms with Gasteiger partial charge < -0.3 is 5.32 Å². The van der Waals surface area contributed by atoms with Crippen molar-refractivity contribution < 1.29 is 8.78 Å². The number of nitrogens with one attached hydrogen (secondary N) is 1. The van der Waals surface area contributed by atoms with Crippen LogP contribution in [0.2, 0.25) is 10.0 Å². The van der Waals surface area contributed by atoms with E-state index in [2.05, 4.69) is 5.32 Å². The van der Waals surface area contributed by atoms with Crippen LogP contribution in [0.4, 0.5) is 8.78 Å². The molecule has 0 heterocycles. The lowest BCUT2D eigenvalue weighted by atomic mass is 9.98. The highest BCUT2D eigenvalue weighted by molar-refractivity contribution is 6.31. The molecule has 2 rings (SSSR count). The van der Waals surface area contributed by atoms with E-state index >= 15 is 0 Å². The van der Waals surface area contributed by atoms with Crippen LogP contribution in [0, 0.1) is 11.6 Å². The lowest BCUT2D eigenvalue weighted by molar-refractivity contribution is 0.498. The molecule has 1 N–H and O–H groups in total. The van der Waals surface area contributed by atoms with E-state index in [-0.39, 0.29) is 12.2 Å². The van der Waals surface area contributed by atoms with Gasteiger partial charge in [0.2, 0.25) is 0 Å². The monoisotopic (exact) mass is 329 g/mol. The fourth-order valence-electron chi connectivity index (χ4n) is 2.25. The maximum absolute atomic E-state index is 14.0. The zero-order chi connectivity index (χ0) is 15.4. The van der Waals surface area contributed by atoms with Crippen molar-refractivity contribution in [1.82, 2.24) is 5.32 Å². The van der Waals surface area contributed by atoms with Crippen molar-refractivity contribution in [3.05, 3.63) is 69.2 Å². The third kappa shape index (κ3) is 3.94. The molecule has 0 aliphatic rings. The van der Waals surface area contributed by atoms with Crippen molar-refractivity contribution in [2.24, 2.45) is 0 Å². The van der Waals surface area contributed by atoms with Crippen LogP contribution in [0.5, 0.6) is 0 Å². The Labute approximate surface area is 132 Å². The van der Waals surface area contributed by atoms with Crippen LogP contribution >= 0.6 is 23.2 Å². The fourth-order valence-corrected chi connectivity index (χ4v) is 2.67. The fraction of sp³-hybridized carbons (Fsp3) is 0.250. The lowest BCUT2D eigenvalue weighted by Crippen LogP contribution is -2.24. The predicted molar refractivity (Wildman–Crippen MR) is 82.9 cm³/mol. The second kappa shape index (κ2) is 7.21. The van der Waals surface area contributed by atoms with Gasteiger partial charge in [0.1, 0.15) is 11.6 Å². The summed E-state index contributed by atoms with van der Waals surface area (Å²) in [5.74, 6) is -0.773. The predicted octanol–water partition coefficient (Wildman–Crippen LogP) is 5.16. The van der Waals surface area contributed by atoms with Gasteiger partial charge in [-0.05, 0) is 43.3 Å². The Morgan fingerprint density at radius 3 is 2.52 bits per heavy atom. The molecule has 0 radical (unpaired) electrons. The molecule has 0 spiro atoms. The summed E-state index contributed by atoms with van der Waals surface area (Å²) < 4.78 is 27.9. The minimum Gasteiger partial charge on any atom is -0.310 e. The van der Waals surface area contributed by atoms with Crippen molar-refractivity contribution in [3.8, 4) is 0 Å². The summed E-state index contributed by atoms with van der Waals surface area (Å²) in [5, 5.41) is 3.92. The van der Waals surface area contributed by atoms with E-state index < -0.39 is 11.9 Å². The molecule has 1 atom stereocenters. The molecule has 0 aromatic heterocycles. The molecule has 1 unspecified atom stereocenters. The van der Waals surface area contributed by atoms with Crippen LogP contribution in [0.25, 0.3) is 0 Å². The largest absolute Gasteiger partial charge is 0.310 e. The molecule has 0 aliphatic heterocycles. The first kappa shape index (κ1) is 16.2. The second-order valence-corrected chi connectivity index (χ2v) is 5.52. The van der Waals surface area contributed by atoms with Crippen LogP contribution in [0.1, 0.15) is 24.1 Å². The molecule has 5 heteroatoms. The second-order valence-electron chi connectivity index (χ2n) is 4.68. The summed E-state index contributed by atoms with van der Waals surface area (Å²) in [6.07, 6.45) is 0.247. The smallest absolute Gasteiger partial charge is 0.128 e. The normalized spacial score (nSPS) is 12.4. The van der Waals surface area contributed by atoms with Crippen LogP contribution in [0.15, 0.2) is 36.4 Å². The maximum atomic E-state index is 14.0. The standard InChI is InChI=1S/C16H15Cl2F2N/c1-2-21-16(12-8-10(17)6-7-15(12)20)9-11-13(18)4-3-5-14(11)19/h3-8,16,21H,2,9H2,1H3. The van der Waals surface area contributed by atoms with Gasteiger partial charge in [-0.2, -0.15) is 0 Å². The van der Waals surface area contributed by atoms with E-state index in [1.807, 2.05) is 6.92 Å². The molecule has 0 fully saturated rings. The summed E-state index contributed by atoms with van der Waals surface area (Å²) in [6.45, 7) is 2.51. The molecule has 2 aromatic carbocycles. The van der Waals surface area contributed by atoms with Gasteiger partial charge in [-0.15, -0.1) is 0 Å². The van der Waals surface area contributed by atoms with Gasteiger partial charge in [0.15, 0.2) is 0 Å². The lowest BCUT2D eigenvalue weighted by Gasteiger charge is -2.20. The summed E-state index contributed by atoms with van der Waals surface area (Å²) in [5.41, 5.74) is 0.771. The Balaban J connectivity index is 2.38. The molecule has 0 saturated heterocycles. The molecule has 0 saturated carbocycles. The zero-order valence-electron chi connectivity index (χ0n) is 11.5. The van der Waals surface area contributed by atoms with Crippen LogP contribution in [-0.2, 0) is 6.42 Å². The number of halogens is 4. The first-order chi connectivity index (χ1) is 10.0. The minimum absolute atomic E-state index is 0.247. The number of likely N-dealkylation sites (N-methyl/N-ethyl adjacent to an activating group) is 1. The average molecular weight is 330 g/mol. The van der Waals surface area contributed by atoms with Crippen LogP contribution in [0.3, 0.4) is 0 Å². The van der Waals surface area contributed by atoms with Crippen LogP contribution in [-0.4, -0.2) is 6.54 Å². The minimum atomic E-state index is -0.400. The van der Waals surface area contributed by atoms with E-state index in [1.165, 1.54) is 18.2 Å². The summed E-state index contributed by atoms with van der Waals surface area (Å²) in [6, 6.07) is 8.46. The number of hydrogen-bond donors (Lipinski definition) is 1. The molecular formula is C16H15Cl2F2N. The third-order valence-electron chi connectivity index (χ3n) is 3.25. The molecule has 2 aromatic rings. The Hall–Kier alpha value is -1.16. The van der Waals surface area contributed by atoms with Gasteiger partial charge in [-0.1, -0.05) is 36.2 Å². The van der Waals surface area contributed by atoms with Crippen molar-refractivity contribution in [3.63, 3.8) is 0 Å². The summed E-state index contributed by atoms with van der Waals surface area (Å²) in [7, 11) is 0. The van der Waals surface area contributed by atoms with Gasteiger partial charge in [0.05, 0.1) is 0 Å². The molecule has 0 amide bonds. The molecule has 21 heavy (non-hydrogen) atoms. The van der Waals surface area contributed by atoms with Gasteiger partial charge in [0.25, 0.3) is 0 Å². The number of hydrogen-bond acceptors (Lipinski definition) is 1. The highest BCUT2D eigenvalue weighted by Crippen LogP contribution is 2.28. The zero-order valence-corrected chi connectivity index (χ0v) is 13.0. The van der Waals surface area contributed by atoms with Crippen LogP contribution < -0.4 is 5.32 Å². The van der Waals surface area contributed by atoms with Gasteiger partial charge in [0, 0.05) is 27.2 Å². The first-order valence-corrected chi connectivity index (χ1v) is 7.39. The molecular weight excluding hydrogens is 315 g/mol. The molecule has 1 nitrogen and oxygen atoms in total. The average Bonchev–Trinajstić information content (AvgIpc) is 2.44. The highest BCUT2D eigenvalue weighted by Gasteiger charge is 2.19. The number of benzene rings is 2. The molecule has 0 bridgehead atoms. The SMILES string of the molecule is CCNC(Cc1c(F)cccc1Cl)c1cc(Cl)ccc1F. The van der Waals surface area contributed by atoms with Crippen molar-refractivity contribution in [2.45, 2.75) is 19.4 Å². The Morgan fingerprint density at radius 2 is 1.86 bits per heavy atom. The third-order valence-corrected chi connectivity index (χ3v) is 3.84. The van der Waals surface area contributed by atoms with Gasteiger partial charge >= 0.3 is 0 Å². The molecule has 112 valence electrons. The highest BCUT2D eigenvalue weighted by atomic mass is 35.5.